The molecule has 0 spiro atoms. The number of aromatic nitrogens is 1. The van der Waals surface area contributed by atoms with Crippen molar-refractivity contribution in [1.29, 1.82) is 0 Å². The molecule has 1 saturated heterocycles. The number of hydrogen-bond donors (Lipinski definition) is 2. The van der Waals surface area contributed by atoms with E-state index in [-0.39, 0.29) is 5.91 Å². The molecule has 1 aromatic heterocycles. The highest BCUT2D eigenvalue weighted by molar-refractivity contribution is 7.13. The molecule has 1 aliphatic carbocycles. The molecule has 2 heterocycles. The van der Waals surface area contributed by atoms with Gasteiger partial charge in [-0.05, 0) is 25.2 Å². The number of amides is 1. The van der Waals surface area contributed by atoms with Crippen LogP contribution in [0.25, 0.3) is 0 Å². The van der Waals surface area contributed by atoms with E-state index in [0.717, 1.165) is 19.3 Å². The monoisotopic (exact) mass is 323 g/mol. The van der Waals surface area contributed by atoms with Crippen LogP contribution in [0.1, 0.15) is 42.6 Å². The maximum Gasteiger partial charge on any atom is 0.311 e. The second kappa shape index (κ2) is 5.87. The number of hydrogen-bond acceptors (Lipinski definition) is 5. The Bertz CT molecular complexity index is 584. The van der Waals surface area contributed by atoms with E-state index in [1.807, 2.05) is 0 Å². The molecule has 1 atom stereocenters. The molecule has 7 heteroatoms. The first-order valence-corrected chi connectivity index (χ1v) is 8.58. The predicted molar refractivity (Wildman–Crippen MR) is 84.2 cm³/mol. The average molecular weight is 323 g/mol. The van der Waals surface area contributed by atoms with Crippen molar-refractivity contribution in [1.82, 2.24) is 9.88 Å². The van der Waals surface area contributed by atoms with Gasteiger partial charge in [-0.2, -0.15) is 0 Å². The smallest absolute Gasteiger partial charge is 0.311 e. The van der Waals surface area contributed by atoms with Gasteiger partial charge in [0.15, 0.2) is 5.13 Å². The zero-order valence-electron chi connectivity index (χ0n) is 12.7. The van der Waals surface area contributed by atoms with E-state index in [9.17, 15) is 14.7 Å². The summed E-state index contributed by atoms with van der Waals surface area (Å²) in [6.07, 6.45) is 4.36. The minimum atomic E-state index is -0.767. The van der Waals surface area contributed by atoms with Crippen molar-refractivity contribution in [3.63, 3.8) is 0 Å². The summed E-state index contributed by atoms with van der Waals surface area (Å²) >= 11 is 1.38. The van der Waals surface area contributed by atoms with Gasteiger partial charge in [0.1, 0.15) is 5.69 Å². The van der Waals surface area contributed by atoms with Crippen LogP contribution in [-0.2, 0) is 4.79 Å². The highest BCUT2D eigenvalue weighted by Gasteiger charge is 2.47. The van der Waals surface area contributed by atoms with Gasteiger partial charge in [-0.15, -0.1) is 11.3 Å². The molecule has 6 nitrogen and oxygen atoms in total. The number of nitrogens with one attached hydrogen (secondary N) is 1. The van der Waals surface area contributed by atoms with Crippen molar-refractivity contribution in [3.8, 4) is 0 Å². The Morgan fingerprint density at radius 3 is 2.91 bits per heavy atom. The zero-order chi connectivity index (χ0) is 15.7. The number of piperidine rings is 1. The Labute approximate surface area is 133 Å². The summed E-state index contributed by atoms with van der Waals surface area (Å²) in [5.41, 5.74) is -0.362. The topological polar surface area (TPSA) is 82.5 Å². The molecule has 3 rings (SSSR count). The third kappa shape index (κ3) is 2.95. The molecule has 0 aromatic carbocycles. The van der Waals surface area contributed by atoms with Crippen molar-refractivity contribution >= 4 is 28.3 Å². The van der Waals surface area contributed by atoms with Gasteiger partial charge >= 0.3 is 5.97 Å². The van der Waals surface area contributed by atoms with E-state index < -0.39 is 11.4 Å². The van der Waals surface area contributed by atoms with E-state index in [1.54, 1.807) is 17.3 Å². The van der Waals surface area contributed by atoms with E-state index >= 15 is 0 Å². The lowest BCUT2D eigenvalue weighted by molar-refractivity contribution is -0.152. The lowest BCUT2D eigenvalue weighted by atomic mass is 9.75. The fourth-order valence-electron chi connectivity index (χ4n) is 3.26. The lowest BCUT2D eigenvalue weighted by Crippen LogP contribution is -2.50. The normalized spacial score (nSPS) is 25.0. The quantitative estimate of drug-likeness (QED) is 0.869. The van der Waals surface area contributed by atoms with Crippen LogP contribution in [0.5, 0.6) is 0 Å². The molecule has 1 aromatic rings. The van der Waals surface area contributed by atoms with Crippen molar-refractivity contribution in [2.24, 2.45) is 11.3 Å². The number of carbonyl (C=O) groups is 2. The molecular weight excluding hydrogens is 302 g/mol. The summed E-state index contributed by atoms with van der Waals surface area (Å²) in [5, 5.41) is 15.1. The maximum atomic E-state index is 12.6. The minimum absolute atomic E-state index is 0.154. The Balaban J connectivity index is 1.75. The van der Waals surface area contributed by atoms with Crippen LogP contribution in [0.3, 0.4) is 0 Å². The van der Waals surface area contributed by atoms with Crippen LogP contribution in [0.15, 0.2) is 5.38 Å². The number of anilines is 1. The SMILES string of the molecule is CNc1nc(C(=O)N2CCC[C@@](CC3CC3)(C(=O)O)C2)cs1. The van der Waals surface area contributed by atoms with Gasteiger partial charge in [-0.25, -0.2) is 4.98 Å². The van der Waals surface area contributed by atoms with Gasteiger partial charge in [0.25, 0.3) is 5.91 Å². The largest absolute Gasteiger partial charge is 0.481 e. The van der Waals surface area contributed by atoms with Crippen LogP contribution in [0, 0.1) is 11.3 Å². The maximum absolute atomic E-state index is 12.6. The van der Waals surface area contributed by atoms with Crippen molar-refractivity contribution in [2.75, 3.05) is 25.5 Å². The van der Waals surface area contributed by atoms with Gasteiger partial charge in [-0.3, -0.25) is 9.59 Å². The third-order valence-electron chi connectivity index (χ3n) is 4.63. The molecular formula is C15H21N3O3S. The molecule has 0 radical (unpaired) electrons. The number of likely N-dealkylation sites (tertiary alicyclic amines) is 1. The van der Waals surface area contributed by atoms with Crippen LogP contribution < -0.4 is 5.32 Å². The Kier molecular flexibility index (Phi) is 4.08. The number of aliphatic carboxylic acids is 1. The molecule has 0 bridgehead atoms. The van der Waals surface area contributed by atoms with Crippen LogP contribution in [0.4, 0.5) is 5.13 Å². The Hall–Kier alpha value is -1.63. The molecule has 1 saturated carbocycles. The highest BCUT2D eigenvalue weighted by atomic mass is 32.1. The number of nitrogens with zero attached hydrogens (tertiary/aromatic N) is 2. The van der Waals surface area contributed by atoms with Crippen molar-refractivity contribution in [2.45, 2.75) is 32.1 Å². The van der Waals surface area contributed by atoms with Gasteiger partial charge in [0, 0.05) is 25.5 Å². The number of carbonyl (C=O) groups excluding carboxylic acids is 1. The highest BCUT2D eigenvalue weighted by Crippen LogP contribution is 2.45. The minimum Gasteiger partial charge on any atom is -0.481 e. The van der Waals surface area contributed by atoms with Crippen LogP contribution >= 0.6 is 11.3 Å². The molecule has 1 amide bonds. The summed E-state index contributed by atoms with van der Waals surface area (Å²) in [4.78, 5) is 30.3. The third-order valence-corrected chi connectivity index (χ3v) is 5.49. The van der Waals surface area contributed by atoms with Gasteiger partial charge < -0.3 is 15.3 Å². The molecule has 1 aliphatic heterocycles. The first-order chi connectivity index (χ1) is 10.5. The Morgan fingerprint density at radius 1 is 1.55 bits per heavy atom. The molecule has 2 N–H and O–H groups in total. The summed E-state index contributed by atoms with van der Waals surface area (Å²) < 4.78 is 0. The second-order valence-corrected chi connectivity index (χ2v) is 7.21. The van der Waals surface area contributed by atoms with Crippen molar-refractivity contribution < 1.29 is 14.7 Å². The van der Waals surface area contributed by atoms with Crippen LogP contribution in [0.2, 0.25) is 0 Å². The van der Waals surface area contributed by atoms with E-state index in [2.05, 4.69) is 10.3 Å². The molecule has 0 unspecified atom stereocenters. The second-order valence-electron chi connectivity index (χ2n) is 6.35. The molecule has 2 fully saturated rings. The summed E-state index contributed by atoms with van der Waals surface area (Å²) in [7, 11) is 1.76. The first kappa shape index (κ1) is 15.3. The fraction of sp³-hybridized carbons (Fsp3) is 0.667. The van der Waals surface area contributed by atoms with E-state index in [4.69, 9.17) is 0 Å². The molecule has 120 valence electrons. The van der Waals surface area contributed by atoms with Gasteiger partial charge in [0.2, 0.25) is 0 Å². The average Bonchev–Trinajstić information content (AvgIpc) is 3.19. The van der Waals surface area contributed by atoms with E-state index in [0.29, 0.717) is 42.7 Å². The number of carboxylic acids is 1. The molecule has 2 aliphatic rings. The fourth-order valence-corrected chi connectivity index (χ4v) is 3.90. The van der Waals surface area contributed by atoms with Gasteiger partial charge in [0.05, 0.1) is 5.41 Å². The van der Waals surface area contributed by atoms with Gasteiger partial charge in [-0.1, -0.05) is 12.8 Å². The first-order valence-electron chi connectivity index (χ1n) is 7.70. The Morgan fingerprint density at radius 2 is 2.32 bits per heavy atom. The van der Waals surface area contributed by atoms with E-state index in [1.165, 1.54) is 11.3 Å². The number of thiazole rings is 1. The zero-order valence-corrected chi connectivity index (χ0v) is 13.5. The van der Waals surface area contributed by atoms with Crippen molar-refractivity contribution in [3.05, 3.63) is 11.1 Å². The molecule has 22 heavy (non-hydrogen) atoms. The summed E-state index contributed by atoms with van der Waals surface area (Å²) in [5.74, 6) is -0.383. The standard InChI is InChI=1S/C15H21N3O3S/c1-16-14-17-11(8-22-14)12(19)18-6-2-5-15(9-18,13(20)21)7-10-3-4-10/h8,10H,2-7,9H2,1H3,(H,16,17)(H,20,21)/t15-/m0/s1. The van der Waals surface area contributed by atoms with Crippen LogP contribution in [-0.4, -0.2) is 47.0 Å². The summed E-state index contributed by atoms with van der Waals surface area (Å²) in [6.45, 7) is 0.926. The predicted octanol–water partition coefficient (Wildman–Crippen LogP) is 2.29. The summed E-state index contributed by atoms with van der Waals surface area (Å²) in [6, 6.07) is 0. The number of rotatable bonds is 5. The lowest BCUT2D eigenvalue weighted by Gasteiger charge is -2.40. The number of carboxylic acid groups (broad SMARTS) is 1.